The van der Waals surface area contributed by atoms with Crippen LogP contribution in [0.4, 0.5) is 5.82 Å². The van der Waals surface area contributed by atoms with E-state index in [4.69, 9.17) is 16.3 Å². The number of hydrogen-bond donors (Lipinski definition) is 2. The van der Waals surface area contributed by atoms with Crippen LogP contribution in [-0.4, -0.2) is 16.8 Å². The van der Waals surface area contributed by atoms with Crippen LogP contribution in [0.2, 0.25) is 0 Å². The zero-order valence-corrected chi connectivity index (χ0v) is 8.24. The second-order valence-corrected chi connectivity index (χ2v) is 3.26. The summed E-state index contributed by atoms with van der Waals surface area (Å²) in [6, 6.07) is 0. The molecule has 0 aromatic carbocycles. The second kappa shape index (κ2) is 3.66. The largest absolute Gasteiger partial charge is 0.382 e. The number of imidazole rings is 1. The van der Waals surface area contributed by atoms with Crippen LogP contribution in [0.5, 0.6) is 0 Å². The van der Waals surface area contributed by atoms with Gasteiger partial charge in [0.15, 0.2) is 0 Å². The molecule has 0 aliphatic rings. The summed E-state index contributed by atoms with van der Waals surface area (Å²) in [6.07, 6.45) is 0. The van der Waals surface area contributed by atoms with Gasteiger partial charge in [-0.2, -0.15) is 0 Å². The molecule has 5 nitrogen and oxygen atoms in total. The van der Waals surface area contributed by atoms with Crippen molar-refractivity contribution in [2.75, 3.05) is 18.7 Å². The minimum absolute atomic E-state index is 0.262. The molecule has 13 heavy (non-hydrogen) atoms. The monoisotopic (exact) mass is 184 g/mol. The average Bonchev–Trinajstić information content (AvgIpc) is 2.33. The normalized spacial score (nSPS) is 11.1. The van der Waals surface area contributed by atoms with Gasteiger partial charge >= 0.3 is 0 Å². The third kappa shape index (κ3) is 1.75. The van der Waals surface area contributed by atoms with E-state index >= 15 is 0 Å². The van der Waals surface area contributed by atoms with E-state index in [1.54, 1.807) is 7.11 Å². The molecular weight excluding hydrogens is 168 g/mol. The first kappa shape index (κ1) is 9.85. The number of hydrogen-bond acceptors (Lipinski definition) is 4. The van der Waals surface area contributed by atoms with E-state index in [-0.39, 0.29) is 5.92 Å². The minimum atomic E-state index is 0.262. The van der Waals surface area contributed by atoms with Crippen LogP contribution < -0.4 is 11.6 Å². The molecule has 0 fully saturated rings. The molecule has 0 aliphatic heterocycles. The van der Waals surface area contributed by atoms with Gasteiger partial charge in [0.05, 0.1) is 6.61 Å². The van der Waals surface area contributed by atoms with Crippen molar-refractivity contribution >= 4 is 5.82 Å². The van der Waals surface area contributed by atoms with Crippen LogP contribution in [0.25, 0.3) is 0 Å². The summed E-state index contributed by atoms with van der Waals surface area (Å²) in [7, 11) is 1.60. The van der Waals surface area contributed by atoms with Gasteiger partial charge in [-0.3, -0.25) is 0 Å². The summed E-state index contributed by atoms with van der Waals surface area (Å²) in [5, 5.41) is 0. The molecule has 74 valence electrons. The van der Waals surface area contributed by atoms with E-state index in [1.165, 1.54) is 4.68 Å². The topological polar surface area (TPSA) is 79.1 Å². The Morgan fingerprint density at radius 3 is 2.54 bits per heavy atom. The fraction of sp³-hybridized carbons (Fsp3) is 0.625. The van der Waals surface area contributed by atoms with Crippen LogP contribution in [0.15, 0.2) is 0 Å². The Morgan fingerprint density at radius 2 is 2.15 bits per heavy atom. The maximum Gasteiger partial charge on any atom is 0.148 e. The molecule has 5 heteroatoms. The molecular formula is C8H16N4O. The van der Waals surface area contributed by atoms with E-state index in [0.717, 1.165) is 5.82 Å². The van der Waals surface area contributed by atoms with Crippen LogP contribution >= 0.6 is 0 Å². The van der Waals surface area contributed by atoms with Gasteiger partial charge in [0.25, 0.3) is 0 Å². The third-order valence-electron chi connectivity index (χ3n) is 1.85. The highest BCUT2D eigenvalue weighted by molar-refractivity contribution is 5.38. The summed E-state index contributed by atoms with van der Waals surface area (Å²) < 4.78 is 6.36. The molecule has 0 amide bonds. The predicted molar refractivity (Wildman–Crippen MR) is 51.6 cm³/mol. The molecule has 0 aliphatic carbocycles. The van der Waals surface area contributed by atoms with Crippen molar-refractivity contribution < 1.29 is 4.74 Å². The van der Waals surface area contributed by atoms with Crippen LogP contribution in [0.3, 0.4) is 0 Å². The molecule has 1 rings (SSSR count). The number of ether oxygens (including phenoxy) is 1. The first-order chi connectivity index (χ1) is 6.07. The summed E-state index contributed by atoms with van der Waals surface area (Å²) in [5.74, 6) is 7.23. The predicted octanol–water partition coefficient (Wildman–Crippen LogP) is 0.449. The van der Waals surface area contributed by atoms with E-state index < -0.39 is 0 Å². The molecule has 1 aromatic heterocycles. The molecule has 1 heterocycles. The van der Waals surface area contributed by atoms with Crippen molar-refractivity contribution in [1.82, 2.24) is 9.66 Å². The highest BCUT2D eigenvalue weighted by Crippen LogP contribution is 2.18. The SMILES string of the molecule is COCc1nc(C(C)C)n(N)c1N. The molecule has 0 atom stereocenters. The first-order valence-corrected chi connectivity index (χ1v) is 4.19. The molecule has 4 N–H and O–H groups in total. The number of anilines is 1. The lowest BCUT2D eigenvalue weighted by molar-refractivity contribution is 0.182. The number of nitrogens with two attached hydrogens (primary N) is 2. The summed E-state index contributed by atoms with van der Waals surface area (Å²) in [6.45, 7) is 4.43. The van der Waals surface area contributed by atoms with Gasteiger partial charge in [0.2, 0.25) is 0 Å². The number of aromatic nitrogens is 2. The Hall–Kier alpha value is -1.23. The maximum absolute atomic E-state index is 5.72. The van der Waals surface area contributed by atoms with Crippen molar-refractivity contribution in [2.24, 2.45) is 0 Å². The molecule has 0 spiro atoms. The van der Waals surface area contributed by atoms with Crippen molar-refractivity contribution in [3.63, 3.8) is 0 Å². The van der Waals surface area contributed by atoms with Crippen LogP contribution in [-0.2, 0) is 11.3 Å². The summed E-state index contributed by atoms with van der Waals surface area (Å²) >= 11 is 0. The molecule has 0 saturated heterocycles. The number of rotatable bonds is 3. The average molecular weight is 184 g/mol. The Morgan fingerprint density at radius 1 is 1.54 bits per heavy atom. The van der Waals surface area contributed by atoms with E-state index in [0.29, 0.717) is 18.1 Å². The molecule has 1 aromatic rings. The molecule has 0 bridgehead atoms. The van der Waals surface area contributed by atoms with Gasteiger partial charge < -0.3 is 16.3 Å². The second-order valence-electron chi connectivity index (χ2n) is 3.26. The Bertz CT molecular complexity index is 293. The molecule has 0 unspecified atom stereocenters. The maximum atomic E-state index is 5.72. The quantitative estimate of drug-likeness (QED) is 0.668. The van der Waals surface area contributed by atoms with Gasteiger partial charge in [-0.1, -0.05) is 13.8 Å². The lowest BCUT2D eigenvalue weighted by atomic mass is 10.2. The Kier molecular flexibility index (Phi) is 2.77. The van der Waals surface area contributed by atoms with Crippen molar-refractivity contribution in [3.8, 4) is 0 Å². The third-order valence-corrected chi connectivity index (χ3v) is 1.85. The molecule has 0 saturated carbocycles. The fourth-order valence-electron chi connectivity index (χ4n) is 1.16. The number of nitrogens with zero attached hydrogens (tertiary/aromatic N) is 2. The van der Waals surface area contributed by atoms with Crippen LogP contribution in [0.1, 0.15) is 31.3 Å². The fourth-order valence-corrected chi connectivity index (χ4v) is 1.16. The van der Waals surface area contributed by atoms with Crippen molar-refractivity contribution in [3.05, 3.63) is 11.5 Å². The summed E-state index contributed by atoms with van der Waals surface area (Å²) in [5.41, 5.74) is 6.43. The standard InChI is InChI=1S/C8H16N4O/c1-5(2)8-11-6(4-13-3)7(9)12(8)10/h5H,4,9-10H2,1-3H3. The van der Waals surface area contributed by atoms with Crippen LogP contribution in [0, 0.1) is 0 Å². The van der Waals surface area contributed by atoms with Crippen molar-refractivity contribution in [2.45, 2.75) is 26.4 Å². The lowest BCUT2D eigenvalue weighted by Crippen LogP contribution is -2.16. The summed E-state index contributed by atoms with van der Waals surface area (Å²) in [4.78, 5) is 4.29. The van der Waals surface area contributed by atoms with E-state index in [9.17, 15) is 0 Å². The minimum Gasteiger partial charge on any atom is -0.382 e. The Balaban J connectivity index is 3.05. The lowest BCUT2D eigenvalue weighted by Gasteiger charge is -2.04. The molecule has 0 radical (unpaired) electrons. The first-order valence-electron chi connectivity index (χ1n) is 4.19. The van der Waals surface area contributed by atoms with E-state index in [2.05, 4.69) is 4.98 Å². The van der Waals surface area contributed by atoms with E-state index in [1.807, 2.05) is 13.8 Å². The van der Waals surface area contributed by atoms with Gasteiger partial charge in [-0.15, -0.1) is 0 Å². The number of nitrogen functional groups attached to an aromatic ring is 2. The highest BCUT2D eigenvalue weighted by atomic mass is 16.5. The zero-order valence-electron chi connectivity index (χ0n) is 8.24. The van der Waals surface area contributed by atoms with Crippen molar-refractivity contribution in [1.29, 1.82) is 0 Å². The Labute approximate surface area is 77.7 Å². The zero-order chi connectivity index (χ0) is 10.0. The number of methoxy groups -OCH3 is 1. The van der Waals surface area contributed by atoms with Gasteiger partial charge in [0.1, 0.15) is 17.3 Å². The smallest absolute Gasteiger partial charge is 0.148 e. The van der Waals surface area contributed by atoms with Gasteiger partial charge in [0, 0.05) is 13.0 Å². The van der Waals surface area contributed by atoms with Gasteiger partial charge in [-0.25, -0.2) is 9.66 Å². The van der Waals surface area contributed by atoms with Gasteiger partial charge in [-0.05, 0) is 0 Å². The highest BCUT2D eigenvalue weighted by Gasteiger charge is 2.14.